The number of carbonyl (C=O) groups is 2. The summed E-state index contributed by atoms with van der Waals surface area (Å²) in [7, 11) is 0. The van der Waals surface area contributed by atoms with Crippen LogP contribution >= 0.6 is 11.8 Å². The summed E-state index contributed by atoms with van der Waals surface area (Å²) in [6.07, 6.45) is 7.27. The van der Waals surface area contributed by atoms with E-state index in [4.69, 9.17) is 0 Å². The zero-order chi connectivity index (χ0) is 25.0. The highest BCUT2D eigenvalue weighted by Crippen LogP contribution is 2.31. The smallest absolute Gasteiger partial charge is 0.220 e. The second-order valence-corrected chi connectivity index (χ2v) is 10.5. The Morgan fingerprint density at radius 1 is 0.971 bits per heavy atom. The molecule has 3 aromatic rings. The number of ketones is 1. The molecule has 4 nitrogen and oxygen atoms in total. The number of benzene rings is 2. The Balaban J connectivity index is 1.75. The summed E-state index contributed by atoms with van der Waals surface area (Å²) in [6, 6.07) is 22.5. The second kappa shape index (κ2) is 13.9. The number of nitrogens with one attached hydrogen (secondary N) is 2. The minimum atomic E-state index is -0.0191. The van der Waals surface area contributed by atoms with Gasteiger partial charge in [-0.25, -0.2) is 0 Å². The van der Waals surface area contributed by atoms with Crippen molar-refractivity contribution in [2.45, 2.75) is 57.9 Å². The number of aromatic nitrogens is 1. The highest BCUT2D eigenvalue weighted by molar-refractivity contribution is 7.99. The Labute approximate surface area is 214 Å². The fourth-order valence-electron chi connectivity index (χ4n) is 4.67. The van der Waals surface area contributed by atoms with Gasteiger partial charge in [0, 0.05) is 36.7 Å². The third-order valence-corrected chi connectivity index (χ3v) is 6.84. The van der Waals surface area contributed by atoms with Gasteiger partial charge >= 0.3 is 0 Å². The molecule has 2 N–H and O–H groups in total. The number of hydrogen-bond acceptors (Lipinski definition) is 3. The van der Waals surface area contributed by atoms with Crippen LogP contribution in [0.4, 0.5) is 0 Å². The zero-order valence-corrected chi connectivity index (χ0v) is 21.9. The maximum atomic E-state index is 12.8. The Kier molecular flexibility index (Phi) is 10.7. The lowest BCUT2D eigenvalue weighted by molar-refractivity contribution is -0.122. The van der Waals surface area contributed by atoms with Crippen molar-refractivity contribution in [1.82, 2.24) is 10.3 Å². The van der Waals surface area contributed by atoms with Gasteiger partial charge in [-0.3, -0.25) is 9.59 Å². The van der Waals surface area contributed by atoms with Crippen LogP contribution in [0.25, 0.3) is 0 Å². The average Bonchev–Trinajstić information content (AvgIpc) is 3.30. The van der Waals surface area contributed by atoms with Gasteiger partial charge in [-0.05, 0) is 54.2 Å². The Bertz CT molecular complexity index is 1050. The number of thioether (sulfide) groups is 1. The summed E-state index contributed by atoms with van der Waals surface area (Å²) in [6.45, 7) is 4.38. The maximum absolute atomic E-state index is 12.8. The number of carbonyl (C=O) groups excluding carboxylic acids is 2. The van der Waals surface area contributed by atoms with Gasteiger partial charge in [0.25, 0.3) is 0 Å². The molecule has 1 amide bonds. The van der Waals surface area contributed by atoms with Crippen LogP contribution in [0.1, 0.15) is 61.4 Å². The minimum Gasteiger partial charge on any atom is -0.364 e. The molecule has 0 aliphatic heterocycles. The number of rotatable bonds is 14. The maximum Gasteiger partial charge on any atom is 0.220 e. The van der Waals surface area contributed by atoms with Crippen LogP contribution in [0.3, 0.4) is 0 Å². The molecule has 0 radical (unpaired) electrons. The third kappa shape index (κ3) is 8.74. The molecule has 0 bridgehead atoms. The van der Waals surface area contributed by atoms with Gasteiger partial charge in [-0.1, -0.05) is 74.5 Å². The van der Waals surface area contributed by atoms with Gasteiger partial charge in [0.05, 0.1) is 5.75 Å². The predicted molar refractivity (Wildman–Crippen MR) is 147 cm³/mol. The highest BCUT2D eigenvalue weighted by Gasteiger charge is 2.24. The SMILES string of the molecule is CSCC(=O)CC(c1ccccc1)c1[nH]ccc1CC(CC(C)C)NC(=O)CCc1ccccc1. The number of hydrogen-bond donors (Lipinski definition) is 2. The topological polar surface area (TPSA) is 62.0 Å². The van der Waals surface area contributed by atoms with E-state index in [0.29, 0.717) is 24.5 Å². The van der Waals surface area contributed by atoms with Crippen molar-refractivity contribution in [3.05, 3.63) is 95.3 Å². The quantitative estimate of drug-likeness (QED) is 0.284. The van der Waals surface area contributed by atoms with Gasteiger partial charge in [0.1, 0.15) is 5.78 Å². The van der Waals surface area contributed by atoms with E-state index in [0.717, 1.165) is 30.5 Å². The molecule has 186 valence electrons. The molecule has 1 aromatic heterocycles. The Morgan fingerprint density at radius 3 is 2.31 bits per heavy atom. The van der Waals surface area contributed by atoms with Crippen LogP contribution in [-0.4, -0.2) is 34.7 Å². The molecule has 0 aliphatic carbocycles. The van der Waals surface area contributed by atoms with E-state index in [1.54, 1.807) is 11.8 Å². The molecule has 0 saturated heterocycles. The lowest BCUT2D eigenvalue weighted by atomic mass is 9.87. The molecule has 5 heteroatoms. The molecule has 0 spiro atoms. The standard InChI is InChI=1S/C30H38N2O2S/c1-22(2)18-26(32-29(34)15-14-23-10-6-4-7-11-23)19-25-16-17-31-30(25)28(20-27(33)21-35-3)24-12-8-5-9-13-24/h4-13,16-17,22,26,28,31H,14-15,18-21H2,1-3H3,(H,32,34). The summed E-state index contributed by atoms with van der Waals surface area (Å²) >= 11 is 1.57. The lowest BCUT2D eigenvalue weighted by Gasteiger charge is -2.23. The van der Waals surface area contributed by atoms with E-state index in [2.05, 4.69) is 54.5 Å². The number of H-pyrrole nitrogens is 1. The van der Waals surface area contributed by atoms with Crippen molar-refractivity contribution in [3.8, 4) is 0 Å². The largest absolute Gasteiger partial charge is 0.364 e. The van der Waals surface area contributed by atoms with Gasteiger partial charge in [0.15, 0.2) is 0 Å². The molecule has 0 fully saturated rings. The molecule has 35 heavy (non-hydrogen) atoms. The summed E-state index contributed by atoms with van der Waals surface area (Å²) < 4.78 is 0. The summed E-state index contributed by atoms with van der Waals surface area (Å²) in [5.41, 5.74) is 4.57. The lowest BCUT2D eigenvalue weighted by Crippen LogP contribution is -2.37. The fraction of sp³-hybridized carbons (Fsp3) is 0.400. The first-order valence-electron chi connectivity index (χ1n) is 12.5. The third-order valence-electron chi connectivity index (χ3n) is 6.23. The zero-order valence-electron chi connectivity index (χ0n) is 21.1. The van der Waals surface area contributed by atoms with E-state index < -0.39 is 0 Å². The monoisotopic (exact) mass is 490 g/mol. The molecule has 2 aromatic carbocycles. The average molecular weight is 491 g/mol. The molecule has 0 aliphatic rings. The van der Waals surface area contributed by atoms with Crippen LogP contribution < -0.4 is 5.32 Å². The molecular weight excluding hydrogens is 452 g/mol. The van der Waals surface area contributed by atoms with E-state index in [1.165, 1.54) is 11.1 Å². The van der Waals surface area contributed by atoms with Crippen LogP contribution in [0.5, 0.6) is 0 Å². The first-order valence-corrected chi connectivity index (χ1v) is 13.9. The van der Waals surface area contributed by atoms with Gasteiger partial charge < -0.3 is 10.3 Å². The van der Waals surface area contributed by atoms with Crippen LogP contribution in [0.2, 0.25) is 0 Å². The Hall–Kier alpha value is -2.79. The summed E-state index contributed by atoms with van der Waals surface area (Å²) in [4.78, 5) is 28.9. The van der Waals surface area contributed by atoms with E-state index >= 15 is 0 Å². The molecular formula is C30H38N2O2S. The number of aryl methyl sites for hydroxylation is 1. The second-order valence-electron chi connectivity index (χ2n) is 9.64. The number of Topliss-reactive ketones (excluding diaryl/α,β-unsaturated/α-hetero) is 1. The van der Waals surface area contributed by atoms with E-state index in [-0.39, 0.29) is 23.7 Å². The van der Waals surface area contributed by atoms with Crippen molar-refractivity contribution in [3.63, 3.8) is 0 Å². The van der Waals surface area contributed by atoms with Crippen molar-refractivity contribution >= 4 is 23.5 Å². The van der Waals surface area contributed by atoms with Crippen molar-refractivity contribution < 1.29 is 9.59 Å². The van der Waals surface area contributed by atoms with Crippen molar-refractivity contribution in [2.75, 3.05) is 12.0 Å². The number of aromatic amines is 1. The molecule has 2 unspecified atom stereocenters. The number of amides is 1. The van der Waals surface area contributed by atoms with Crippen LogP contribution in [0, 0.1) is 5.92 Å². The van der Waals surface area contributed by atoms with E-state index in [9.17, 15) is 9.59 Å². The van der Waals surface area contributed by atoms with Crippen molar-refractivity contribution in [2.24, 2.45) is 5.92 Å². The predicted octanol–water partition coefficient (Wildman–Crippen LogP) is 6.18. The van der Waals surface area contributed by atoms with Crippen molar-refractivity contribution in [1.29, 1.82) is 0 Å². The highest BCUT2D eigenvalue weighted by atomic mass is 32.2. The molecule has 0 saturated carbocycles. The minimum absolute atomic E-state index is 0.0191. The fourth-order valence-corrected chi connectivity index (χ4v) is 5.11. The summed E-state index contributed by atoms with van der Waals surface area (Å²) in [5, 5.41) is 3.30. The molecule has 3 rings (SSSR count). The first kappa shape index (κ1) is 26.8. The van der Waals surface area contributed by atoms with Gasteiger partial charge in [0.2, 0.25) is 5.91 Å². The molecule has 1 heterocycles. The van der Waals surface area contributed by atoms with Crippen LogP contribution in [-0.2, 0) is 22.4 Å². The Morgan fingerprint density at radius 2 is 1.66 bits per heavy atom. The first-order chi connectivity index (χ1) is 17.0. The summed E-state index contributed by atoms with van der Waals surface area (Å²) in [5.74, 6) is 1.30. The molecule has 2 atom stereocenters. The van der Waals surface area contributed by atoms with E-state index in [1.807, 2.05) is 48.9 Å². The van der Waals surface area contributed by atoms with Gasteiger partial charge in [-0.15, -0.1) is 0 Å². The normalized spacial score (nSPS) is 12.9. The van der Waals surface area contributed by atoms with Gasteiger partial charge in [-0.2, -0.15) is 11.8 Å². The van der Waals surface area contributed by atoms with Crippen LogP contribution in [0.15, 0.2) is 72.9 Å².